The van der Waals surface area contributed by atoms with Gasteiger partial charge in [0.2, 0.25) is 11.9 Å². The lowest BCUT2D eigenvalue weighted by molar-refractivity contribution is -0.150. The summed E-state index contributed by atoms with van der Waals surface area (Å²) in [6.45, 7) is 1.95. The van der Waals surface area contributed by atoms with Crippen molar-refractivity contribution in [1.29, 1.82) is 0 Å². The number of aryl methyl sites for hydroxylation is 2. The predicted octanol–water partition coefficient (Wildman–Crippen LogP) is 3.79. The highest BCUT2D eigenvalue weighted by atomic mass is 19.4. The van der Waals surface area contributed by atoms with Gasteiger partial charge in [-0.1, -0.05) is 12.1 Å². The number of carbonyl (C=O) groups excluding carboxylic acids is 2. The molecule has 4 rings (SSSR count). The van der Waals surface area contributed by atoms with Crippen LogP contribution < -0.4 is 10.6 Å². The molecule has 2 heterocycles. The van der Waals surface area contributed by atoms with E-state index in [1.807, 2.05) is 0 Å². The average Bonchev–Trinajstić information content (AvgIpc) is 3.11. The van der Waals surface area contributed by atoms with E-state index < -0.39 is 24.5 Å². The van der Waals surface area contributed by atoms with E-state index >= 15 is 0 Å². The molecule has 1 aliphatic carbocycles. The van der Waals surface area contributed by atoms with Crippen molar-refractivity contribution in [2.24, 2.45) is 7.05 Å². The molecule has 0 aliphatic heterocycles. The molecule has 1 aliphatic rings. The van der Waals surface area contributed by atoms with Crippen LogP contribution in [-0.4, -0.2) is 44.4 Å². The number of benzene rings is 1. The quantitative estimate of drug-likeness (QED) is 0.523. The van der Waals surface area contributed by atoms with Gasteiger partial charge >= 0.3 is 12.1 Å². The molecule has 0 saturated heterocycles. The monoisotopic (exact) mass is 474 g/mol. The van der Waals surface area contributed by atoms with Gasteiger partial charge < -0.3 is 15.4 Å². The third-order valence-electron chi connectivity index (χ3n) is 5.16. The largest absolute Gasteiger partial charge is 0.461 e. The summed E-state index contributed by atoms with van der Waals surface area (Å²) in [5, 5.41) is 9.53. The van der Waals surface area contributed by atoms with Crippen molar-refractivity contribution in [2.45, 2.75) is 32.4 Å². The van der Waals surface area contributed by atoms with E-state index in [1.165, 1.54) is 6.07 Å². The minimum Gasteiger partial charge on any atom is -0.461 e. The molecule has 1 aromatic carbocycles. The molecule has 2 N–H and O–H groups in total. The zero-order chi connectivity index (χ0) is 24.5. The van der Waals surface area contributed by atoms with Crippen LogP contribution in [-0.2, 0) is 29.4 Å². The fourth-order valence-corrected chi connectivity index (χ4v) is 3.78. The molecule has 0 fully saturated rings. The summed E-state index contributed by atoms with van der Waals surface area (Å²) >= 11 is 0. The number of rotatable bonds is 6. The normalized spacial score (nSPS) is 12.5. The van der Waals surface area contributed by atoms with Gasteiger partial charge in [-0.05, 0) is 37.5 Å². The van der Waals surface area contributed by atoms with Gasteiger partial charge in [-0.25, -0.2) is 14.8 Å². The third kappa shape index (κ3) is 4.85. The second-order valence-corrected chi connectivity index (χ2v) is 7.60. The third-order valence-corrected chi connectivity index (χ3v) is 5.16. The van der Waals surface area contributed by atoms with Crippen LogP contribution in [0.2, 0.25) is 0 Å². The van der Waals surface area contributed by atoms with Crippen LogP contribution >= 0.6 is 0 Å². The summed E-state index contributed by atoms with van der Waals surface area (Å²) in [5.74, 6) is -1.51. The first-order chi connectivity index (χ1) is 16.2. The van der Waals surface area contributed by atoms with Gasteiger partial charge in [-0.3, -0.25) is 9.48 Å². The van der Waals surface area contributed by atoms with Gasteiger partial charge in [0, 0.05) is 18.8 Å². The van der Waals surface area contributed by atoms with Crippen LogP contribution in [0.3, 0.4) is 0 Å². The van der Waals surface area contributed by atoms with Crippen LogP contribution in [0.15, 0.2) is 30.5 Å². The summed E-state index contributed by atoms with van der Waals surface area (Å²) in [6.07, 6.45) is -3.38. The summed E-state index contributed by atoms with van der Waals surface area (Å²) in [5.41, 5.74) is 3.58. The first kappa shape index (κ1) is 23.2. The molecular formula is C22H21F3N6O3. The molecule has 1 amide bonds. The predicted molar refractivity (Wildman–Crippen MR) is 117 cm³/mol. The standard InChI is InChI=1S/C22H21F3N6O3/c1-3-34-20(33)18-13-9-8-12-11-26-21(29-17(12)19(13)31(2)30-18)28-15-7-5-4-6-14(15)27-16(32)10-22(23,24)25/h4-7,11H,3,8-10H2,1-2H3,(H,27,32)(H,26,28,29). The molecule has 0 spiro atoms. The Morgan fingerprint density at radius 2 is 1.91 bits per heavy atom. The lowest BCUT2D eigenvalue weighted by atomic mass is 9.93. The number of hydrogen-bond donors (Lipinski definition) is 2. The lowest BCUT2D eigenvalue weighted by Gasteiger charge is -2.18. The number of esters is 1. The highest BCUT2D eigenvalue weighted by Crippen LogP contribution is 2.35. The second kappa shape index (κ2) is 9.12. The van der Waals surface area contributed by atoms with E-state index in [0.717, 1.165) is 11.1 Å². The summed E-state index contributed by atoms with van der Waals surface area (Å²) in [4.78, 5) is 33.0. The number of carbonyl (C=O) groups is 2. The topological polar surface area (TPSA) is 111 Å². The van der Waals surface area contributed by atoms with Crippen molar-refractivity contribution in [3.8, 4) is 11.4 Å². The summed E-state index contributed by atoms with van der Waals surface area (Å²) < 4.78 is 44.3. The number of anilines is 3. The average molecular weight is 474 g/mol. The van der Waals surface area contributed by atoms with Crippen LogP contribution in [0.25, 0.3) is 11.4 Å². The highest BCUT2D eigenvalue weighted by molar-refractivity contribution is 5.95. The van der Waals surface area contributed by atoms with Gasteiger partial charge in [0.1, 0.15) is 6.42 Å². The number of amides is 1. The molecule has 3 aromatic rings. The van der Waals surface area contributed by atoms with Crippen molar-refractivity contribution in [1.82, 2.24) is 19.7 Å². The van der Waals surface area contributed by atoms with Gasteiger partial charge in [0.25, 0.3) is 0 Å². The maximum Gasteiger partial charge on any atom is 0.397 e. The number of nitrogens with one attached hydrogen (secondary N) is 2. The van der Waals surface area contributed by atoms with Crippen molar-refractivity contribution >= 4 is 29.2 Å². The first-order valence-corrected chi connectivity index (χ1v) is 10.5. The zero-order valence-electron chi connectivity index (χ0n) is 18.4. The van der Waals surface area contributed by atoms with Crippen molar-refractivity contribution in [3.05, 3.63) is 47.3 Å². The maximum absolute atomic E-state index is 12.5. The van der Waals surface area contributed by atoms with Crippen LogP contribution in [0, 0.1) is 0 Å². The zero-order valence-corrected chi connectivity index (χ0v) is 18.4. The van der Waals surface area contributed by atoms with Crippen LogP contribution in [0.5, 0.6) is 0 Å². The van der Waals surface area contributed by atoms with Crippen LogP contribution in [0.1, 0.15) is 35.0 Å². The molecule has 178 valence electrons. The molecule has 2 aromatic heterocycles. The Kier molecular flexibility index (Phi) is 6.22. The molecule has 0 atom stereocenters. The summed E-state index contributed by atoms with van der Waals surface area (Å²) in [7, 11) is 1.71. The second-order valence-electron chi connectivity index (χ2n) is 7.60. The minimum atomic E-state index is -4.61. The van der Waals surface area contributed by atoms with E-state index in [4.69, 9.17) is 4.74 Å². The molecule has 0 bridgehead atoms. The Morgan fingerprint density at radius 3 is 2.62 bits per heavy atom. The fraction of sp³-hybridized carbons (Fsp3) is 0.318. The molecule has 12 heteroatoms. The summed E-state index contributed by atoms with van der Waals surface area (Å²) in [6, 6.07) is 6.30. The number of fused-ring (bicyclic) bond motifs is 3. The maximum atomic E-state index is 12.5. The molecule has 34 heavy (non-hydrogen) atoms. The molecule has 0 radical (unpaired) electrons. The number of nitrogens with zero attached hydrogens (tertiary/aromatic N) is 4. The number of hydrogen-bond acceptors (Lipinski definition) is 7. The van der Waals surface area contributed by atoms with Crippen LogP contribution in [0.4, 0.5) is 30.5 Å². The van der Waals surface area contributed by atoms with Crippen molar-refractivity contribution in [3.63, 3.8) is 0 Å². The lowest BCUT2D eigenvalue weighted by Crippen LogP contribution is -2.21. The molecular weight excluding hydrogens is 453 g/mol. The van der Waals surface area contributed by atoms with Gasteiger partial charge in [0.05, 0.1) is 29.4 Å². The van der Waals surface area contributed by atoms with E-state index in [2.05, 4.69) is 25.7 Å². The van der Waals surface area contributed by atoms with Gasteiger partial charge in [-0.2, -0.15) is 18.3 Å². The SMILES string of the molecule is CCOC(=O)c1nn(C)c2c1CCc1cnc(Nc3ccccc3NC(=O)CC(F)(F)F)nc1-2. The number of para-hydroxylation sites is 2. The highest BCUT2D eigenvalue weighted by Gasteiger charge is 2.32. The number of ether oxygens (including phenoxy) is 1. The van der Waals surface area contributed by atoms with E-state index in [-0.39, 0.29) is 23.9 Å². The molecule has 0 saturated carbocycles. The Bertz CT molecular complexity index is 1260. The van der Waals surface area contributed by atoms with E-state index in [9.17, 15) is 22.8 Å². The first-order valence-electron chi connectivity index (χ1n) is 10.5. The number of alkyl halides is 3. The van der Waals surface area contributed by atoms with Gasteiger partial charge in [0.15, 0.2) is 5.69 Å². The van der Waals surface area contributed by atoms with E-state index in [1.54, 1.807) is 43.0 Å². The molecule has 0 unspecified atom stereocenters. The Balaban J connectivity index is 1.63. The Morgan fingerprint density at radius 1 is 1.18 bits per heavy atom. The minimum absolute atomic E-state index is 0.156. The smallest absolute Gasteiger partial charge is 0.397 e. The number of halogens is 3. The van der Waals surface area contributed by atoms with Crippen molar-refractivity contribution in [2.75, 3.05) is 17.2 Å². The fourth-order valence-electron chi connectivity index (χ4n) is 3.78. The Labute approximate surface area is 192 Å². The number of aromatic nitrogens is 4. The van der Waals surface area contributed by atoms with Crippen molar-refractivity contribution < 1.29 is 27.5 Å². The van der Waals surface area contributed by atoms with Gasteiger partial charge in [-0.15, -0.1) is 0 Å². The Hall–Kier alpha value is -3.96. The molecule has 9 nitrogen and oxygen atoms in total. The van der Waals surface area contributed by atoms with E-state index in [0.29, 0.717) is 29.9 Å².